The predicted molar refractivity (Wildman–Crippen MR) is 75.4 cm³/mol. The van der Waals surface area contributed by atoms with Crippen LogP contribution in [0.5, 0.6) is 0 Å². The van der Waals surface area contributed by atoms with E-state index in [0.29, 0.717) is 0 Å². The molecule has 1 unspecified atom stereocenters. The topological polar surface area (TPSA) is 0 Å². The van der Waals surface area contributed by atoms with E-state index in [2.05, 4.69) is 48.5 Å². The van der Waals surface area contributed by atoms with Gasteiger partial charge in [0.05, 0.1) is 5.38 Å². The highest BCUT2D eigenvalue weighted by molar-refractivity contribution is 6.22. The lowest BCUT2D eigenvalue weighted by atomic mass is 9.92. The smallest absolute Gasteiger partial charge is 0.0522 e. The second-order valence-electron chi connectivity index (χ2n) is 4.66. The first-order valence-electron chi connectivity index (χ1n) is 6.17. The van der Waals surface area contributed by atoms with Gasteiger partial charge < -0.3 is 0 Å². The molecule has 0 aromatic heterocycles. The molecule has 3 rings (SSSR count). The van der Waals surface area contributed by atoms with Crippen LogP contribution in [0.3, 0.4) is 0 Å². The maximum absolute atomic E-state index is 6.20. The maximum Gasteiger partial charge on any atom is 0.0522 e. The van der Waals surface area contributed by atoms with Gasteiger partial charge in [-0.15, -0.1) is 11.6 Å². The van der Waals surface area contributed by atoms with E-state index in [0.717, 1.165) is 12.8 Å². The summed E-state index contributed by atoms with van der Waals surface area (Å²) in [7, 11) is 0. The summed E-state index contributed by atoms with van der Waals surface area (Å²) in [5, 5.41) is 2.82. The Labute approximate surface area is 107 Å². The van der Waals surface area contributed by atoms with Crippen LogP contribution in [0.1, 0.15) is 24.8 Å². The third kappa shape index (κ3) is 2.23. The van der Waals surface area contributed by atoms with Gasteiger partial charge >= 0.3 is 0 Å². The van der Waals surface area contributed by atoms with E-state index in [-0.39, 0.29) is 5.38 Å². The summed E-state index contributed by atoms with van der Waals surface area (Å²) in [5.74, 6) is 0. The molecule has 0 spiro atoms. The summed E-state index contributed by atoms with van der Waals surface area (Å²) in [6.45, 7) is 0. The van der Waals surface area contributed by atoms with E-state index >= 15 is 0 Å². The molecule has 86 valence electrons. The molecule has 1 aliphatic carbocycles. The summed E-state index contributed by atoms with van der Waals surface area (Å²) >= 11 is 6.20. The molecular weight excluding hydrogens is 228 g/mol. The molecule has 0 N–H and O–H groups in total. The van der Waals surface area contributed by atoms with E-state index in [9.17, 15) is 0 Å². The zero-order valence-electron chi connectivity index (χ0n) is 9.70. The second kappa shape index (κ2) is 4.54. The van der Waals surface area contributed by atoms with Crippen molar-refractivity contribution in [2.24, 2.45) is 0 Å². The Morgan fingerprint density at radius 3 is 2.65 bits per heavy atom. The lowest BCUT2D eigenvalue weighted by Gasteiger charge is -2.17. The molecule has 17 heavy (non-hydrogen) atoms. The highest BCUT2D eigenvalue weighted by atomic mass is 35.5. The number of alkyl halides is 1. The fourth-order valence-corrected chi connectivity index (χ4v) is 2.81. The minimum atomic E-state index is 0.213. The van der Waals surface area contributed by atoms with Gasteiger partial charge in [-0.05, 0) is 47.2 Å². The van der Waals surface area contributed by atoms with Crippen molar-refractivity contribution in [2.75, 3.05) is 0 Å². The van der Waals surface area contributed by atoms with Crippen molar-refractivity contribution in [3.05, 3.63) is 54.1 Å². The molecule has 1 atom stereocenters. The van der Waals surface area contributed by atoms with Gasteiger partial charge in [0.1, 0.15) is 0 Å². The molecule has 0 saturated carbocycles. The molecular formula is C16H15Cl. The lowest BCUT2D eigenvalue weighted by molar-refractivity contribution is 0.748. The largest absolute Gasteiger partial charge is 0.118 e. The number of rotatable bonds is 1. The maximum atomic E-state index is 6.20. The van der Waals surface area contributed by atoms with Crippen LogP contribution < -0.4 is 0 Å². The van der Waals surface area contributed by atoms with Gasteiger partial charge in [-0.2, -0.15) is 0 Å². The van der Waals surface area contributed by atoms with Crippen LogP contribution in [0.25, 0.3) is 16.3 Å². The Hall–Kier alpha value is -1.27. The van der Waals surface area contributed by atoms with Gasteiger partial charge in [-0.1, -0.05) is 42.5 Å². The number of hydrogen-bond acceptors (Lipinski definition) is 0. The molecule has 0 bridgehead atoms. The van der Waals surface area contributed by atoms with Crippen LogP contribution in [0.4, 0.5) is 0 Å². The number of halogens is 1. The van der Waals surface area contributed by atoms with Crippen LogP contribution in [-0.4, -0.2) is 5.38 Å². The average Bonchev–Trinajstić information content (AvgIpc) is 2.38. The van der Waals surface area contributed by atoms with Crippen LogP contribution in [-0.2, 0) is 0 Å². The molecule has 0 fully saturated rings. The summed E-state index contributed by atoms with van der Waals surface area (Å²) in [6, 6.07) is 15.2. The normalized spacial score (nSPS) is 20.3. The summed E-state index contributed by atoms with van der Waals surface area (Å²) in [6.07, 6.45) is 5.68. The highest BCUT2D eigenvalue weighted by Crippen LogP contribution is 2.30. The molecule has 0 nitrogen and oxygen atoms in total. The van der Waals surface area contributed by atoms with Crippen molar-refractivity contribution < 1.29 is 0 Å². The molecule has 0 radical (unpaired) electrons. The molecule has 1 heteroatoms. The Kier molecular flexibility index (Phi) is 2.90. The first-order valence-corrected chi connectivity index (χ1v) is 6.60. The molecule has 0 heterocycles. The fourth-order valence-electron chi connectivity index (χ4n) is 2.50. The number of hydrogen-bond donors (Lipinski definition) is 0. The molecule has 2 aromatic carbocycles. The average molecular weight is 243 g/mol. The van der Waals surface area contributed by atoms with Crippen LogP contribution in [0.15, 0.2) is 48.5 Å². The van der Waals surface area contributed by atoms with E-state index in [4.69, 9.17) is 11.6 Å². The minimum absolute atomic E-state index is 0.213. The Balaban J connectivity index is 2.06. The van der Waals surface area contributed by atoms with E-state index < -0.39 is 0 Å². The van der Waals surface area contributed by atoms with Gasteiger partial charge in [0.15, 0.2) is 0 Å². The van der Waals surface area contributed by atoms with Gasteiger partial charge in [0.2, 0.25) is 0 Å². The quantitative estimate of drug-likeness (QED) is 0.617. The molecule has 0 aliphatic heterocycles. The number of benzene rings is 2. The van der Waals surface area contributed by atoms with Crippen molar-refractivity contribution in [3.8, 4) is 0 Å². The monoisotopic (exact) mass is 242 g/mol. The SMILES string of the molecule is ClC1C=C(c2ccc3ccccc3c2)CCC1. The zero-order valence-corrected chi connectivity index (χ0v) is 10.5. The number of allylic oxidation sites excluding steroid dienone is 2. The van der Waals surface area contributed by atoms with Crippen molar-refractivity contribution in [1.82, 2.24) is 0 Å². The van der Waals surface area contributed by atoms with Gasteiger partial charge in [-0.3, -0.25) is 0 Å². The van der Waals surface area contributed by atoms with E-state index in [1.807, 2.05) is 0 Å². The zero-order chi connectivity index (χ0) is 11.7. The predicted octanol–water partition coefficient (Wildman–Crippen LogP) is 5.01. The fraction of sp³-hybridized carbons (Fsp3) is 0.250. The summed E-state index contributed by atoms with van der Waals surface area (Å²) < 4.78 is 0. The first kappa shape index (κ1) is 10.9. The van der Waals surface area contributed by atoms with Gasteiger partial charge in [-0.25, -0.2) is 0 Å². The minimum Gasteiger partial charge on any atom is -0.118 e. The standard InChI is InChI=1S/C16H15Cl/c17-16-7-3-6-14(11-16)15-9-8-12-4-1-2-5-13(12)10-15/h1-2,4-5,8-11,16H,3,6-7H2. The molecule has 2 aromatic rings. The molecule has 1 aliphatic rings. The van der Waals surface area contributed by atoms with Crippen LogP contribution in [0, 0.1) is 0 Å². The van der Waals surface area contributed by atoms with Crippen molar-refractivity contribution in [3.63, 3.8) is 0 Å². The third-order valence-corrected chi connectivity index (χ3v) is 3.77. The summed E-state index contributed by atoms with van der Waals surface area (Å²) in [4.78, 5) is 0. The highest BCUT2D eigenvalue weighted by Gasteiger charge is 2.12. The van der Waals surface area contributed by atoms with Gasteiger partial charge in [0.25, 0.3) is 0 Å². The Morgan fingerprint density at radius 1 is 1.00 bits per heavy atom. The number of fused-ring (bicyclic) bond motifs is 1. The third-order valence-electron chi connectivity index (χ3n) is 3.43. The molecule has 0 amide bonds. The van der Waals surface area contributed by atoms with Crippen molar-refractivity contribution >= 4 is 27.9 Å². The lowest BCUT2D eigenvalue weighted by Crippen LogP contribution is -2.02. The molecule has 0 saturated heterocycles. The van der Waals surface area contributed by atoms with E-state index in [1.165, 1.54) is 28.3 Å². The second-order valence-corrected chi connectivity index (χ2v) is 5.22. The Morgan fingerprint density at radius 2 is 1.82 bits per heavy atom. The summed E-state index contributed by atoms with van der Waals surface area (Å²) in [5.41, 5.74) is 2.73. The van der Waals surface area contributed by atoms with E-state index in [1.54, 1.807) is 0 Å². The van der Waals surface area contributed by atoms with Gasteiger partial charge in [0, 0.05) is 0 Å². The van der Waals surface area contributed by atoms with Crippen LogP contribution >= 0.6 is 11.6 Å². The van der Waals surface area contributed by atoms with Crippen LogP contribution in [0.2, 0.25) is 0 Å². The first-order chi connectivity index (χ1) is 8.33. The Bertz CT molecular complexity index is 569. The van der Waals surface area contributed by atoms with Crippen molar-refractivity contribution in [2.45, 2.75) is 24.6 Å². The van der Waals surface area contributed by atoms with Crippen molar-refractivity contribution in [1.29, 1.82) is 0 Å².